The van der Waals surface area contributed by atoms with Gasteiger partial charge in [0, 0.05) is 40.7 Å². The number of carbonyl (C=O) groups is 2. The van der Waals surface area contributed by atoms with Crippen molar-refractivity contribution in [3.63, 3.8) is 0 Å². The molecule has 6 heteroatoms. The van der Waals surface area contributed by atoms with E-state index in [-0.39, 0.29) is 11.8 Å². The first kappa shape index (κ1) is 23.4. The minimum absolute atomic E-state index is 0.00101. The Morgan fingerprint density at radius 1 is 0.765 bits per heavy atom. The van der Waals surface area contributed by atoms with Gasteiger partial charge in [0.15, 0.2) is 0 Å². The highest BCUT2D eigenvalue weighted by Gasteiger charge is 2.08. The second-order valence-corrected chi connectivity index (χ2v) is 8.82. The number of amides is 2. The molecule has 1 aromatic heterocycles. The van der Waals surface area contributed by atoms with Gasteiger partial charge < -0.3 is 10.6 Å². The van der Waals surface area contributed by atoms with Gasteiger partial charge in [0.2, 0.25) is 5.91 Å². The molecule has 0 fully saturated rings. The summed E-state index contributed by atoms with van der Waals surface area (Å²) in [4.78, 5) is 29.0. The van der Waals surface area contributed by atoms with Crippen molar-refractivity contribution in [3.05, 3.63) is 95.9 Å². The first-order valence-corrected chi connectivity index (χ1v) is 12.3. The summed E-state index contributed by atoms with van der Waals surface area (Å²) in [7, 11) is 0. The van der Waals surface area contributed by atoms with Crippen LogP contribution in [0.15, 0.2) is 90.3 Å². The fraction of sp³-hybridized carbons (Fsp3) is 0.179. The monoisotopic (exact) mass is 469 g/mol. The zero-order chi connectivity index (χ0) is 23.6. The van der Waals surface area contributed by atoms with E-state index in [1.54, 1.807) is 23.5 Å². The van der Waals surface area contributed by atoms with Crippen molar-refractivity contribution in [1.29, 1.82) is 0 Å². The number of thiazole rings is 1. The van der Waals surface area contributed by atoms with Gasteiger partial charge in [0.25, 0.3) is 5.91 Å². The van der Waals surface area contributed by atoms with Crippen LogP contribution in [0.2, 0.25) is 0 Å². The summed E-state index contributed by atoms with van der Waals surface area (Å²) in [5, 5.41) is 8.92. The predicted octanol–water partition coefficient (Wildman–Crippen LogP) is 6.41. The minimum Gasteiger partial charge on any atom is -0.352 e. The normalized spacial score (nSPS) is 10.6. The Kier molecular flexibility index (Phi) is 8.19. The predicted molar refractivity (Wildman–Crippen MR) is 139 cm³/mol. The van der Waals surface area contributed by atoms with E-state index >= 15 is 0 Å². The number of aromatic nitrogens is 1. The average molecular weight is 470 g/mol. The summed E-state index contributed by atoms with van der Waals surface area (Å²) in [6, 6.07) is 27.1. The number of unbranched alkanes of at least 4 members (excludes halogenated alkanes) is 2. The van der Waals surface area contributed by atoms with E-state index in [0.717, 1.165) is 46.8 Å². The van der Waals surface area contributed by atoms with Gasteiger partial charge in [-0.25, -0.2) is 4.98 Å². The van der Waals surface area contributed by atoms with Crippen molar-refractivity contribution in [2.75, 3.05) is 11.9 Å². The lowest BCUT2D eigenvalue weighted by molar-refractivity contribution is -0.116. The summed E-state index contributed by atoms with van der Waals surface area (Å²) < 4.78 is 0. The number of carbonyl (C=O) groups excluding carboxylic acids is 2. The highest BCUT2D eigenvalue weighted by atomic mass is 32.1. The minimum atomic E-state index is -0.0595. The Hall–Kier alpha value is -3.77. The van der Waals surface area contributed by atoms with Crippen molar-refractivity contribution < 1.29 is 9.59 Å². The zero-order valence-corrected chi connectivity index (χ0v) is 19.7. The molecular weight excluding hydrogens is 442 g/mol. The number of rotatable bonds is 10. The molecule has 0 aliphatic rings. The average Bonchev–Trinajstić information content (AvgIpc) is 3.38. The molecule has 2 amide bonds. The third-order valence-corrected chi connectivity index (χ3v) is 6.28. The van der Waals surface area contributed by atoms with Crippen molar-refractivity contribution >= 4 is 28.8 Å². The molecule has 0 unspecified atom stereocenters. The van der Waals surface area contributed by atoms with Gasteiger partial charge in [-0.15, -0.1) is 11.3 Å². The molecular formula is C28H27N3O2S. The molecule has 0 saturated carbocycles. The molecule has 3 aromatic carbocycles. The van der Waals surface area contributed by atoms with Crippen LogP contribution in [0.4, 0.5) is 5.69 Å². The van der Waals surface area contributed by atoms with Crippen molar-refractivity contribution in [1.82, 2.24) is 10.3 Å². The fourth-order valence-corrected chi connectivity index (χ4v) is 4.38. The molecule has 0 bridgehead atoms. The summed E-state index contributed by atoms with van der Waals surface area (Å²) in [5.41, 5.74) is 4.51. The molecule has 2 N–H and O–H groups in total. The summed E-state index contributed by atoms with van der Waals surface area (Å²) in [6.45, 7) is 0.611. The maximum absolute atomic E-state index is 12.3. The maximum Gasteiger partial charge on any atom is 0.251 e. The van der Waals surface area contributed by atoms with E-state index in [1.165, 1.54) is 0 Å². The van der Waals surface area contributed by atoms with Gasteiger partial charge in [-0.05, 0) is 37.1 Å². The van der Waals surface area contributed by atoms with E-state index in [9.17, 15) is 9.59 Å². The fourth-order valence-electron chi connectivity index (χ4n) is 3.55. The Labute approximate surface area is 203 Å². The molecule has 1 heterocycles. The van der Waals surface area contributed by atoms with Gasteiger partial charge in [-0.2, -0.15) is 0 Å². The number of nitrogens with zero attached hydrogens (tertiary/aromatic N) is 1. The number of anilines is 1. The lowest BCUT2D eigenvalue weighted by Crippen LogP contribution is -2.24. The molecule has 0 spiro atoms. The van der Waals surface area contributed by atoms with Gasteiger partial charge >= 0.3 is 0 Å². The number of hydrogen-bond donors (Lipinski definition) is 2. The summed E-state index contributed by atoms with van der Waals surface area (Å²) in [6.07, 6.45) is 2.97. The SMILES string of the molecule is O=C(CCCCCNC(=O)c1ccccc1)Nc1ccc(-c2csc(-c3ccccc3)n2)cc1. The Bertz CT molecular complexity index is 1210. The van der Waals surface area contributed by atoms with Gasteiger partial charge in [0.05, 0.1) is 5.69 Å². The van der Waals surface area contributed by atoms with Crippen LogP contribution < -0.4 is 10.6 Å². The third kappa shape index (κ3) is 6.62. The van der Waals surface area contributed by atoms with Crippen LogP contribution in [0, 0.1) is 0 Å². The Balaban J connectivity index is 1.16. The second-order valence-electron chi connectivity index (χ2n) is 7.96. The van der Waals surface area contributed by atoms with Crippen LogP contribution in [0.1, 0.15) is 36.0 Å². The van der Waals surface area contributed by atoms with Crippen LogP contribution in [-0.2, 0) is 4.79 Å². The van der Waals surface area contributed by atoms with Crippen LogP contribution in [-0.4, -0.2) is 23.3 Å². The van der Waals surface area contributed by atoms with E-state index in [0.29, 0.717) is 18.5 Å². The first-order valence-electron chi connectivity index (χ1n) is 11.4. The Morgan fingerprint density at radius 3 is 2.21 bits per heavy atom. The molecule has 0 aliphatic carbocycles. The van der Waals surface area contributed by atoms with E-state index in [1.807, 2.05) is 60.7 Å². The lowest BCUT2D eigenvalue weighted by atomic mass is 10.1. The molecule has 172 valence electrons. The molecule has 34 heavy (non-hydrogen) atoms. The number of nitrogens with one attached hydrogen (secondary N) is 2. The number of benzene rings is 3. The Morgan fingerprint density at radius 2 is 1.47 bits per heavy atom. The topological polar surface area (TPSA) is 71.1 Å². The van der Waals surface area contributed by atoms with Gasteiger partial charge in [-0.3, -0.25) is 9.59 Å². The van der Waals surface area contributed by atoms with Gasteiger partial charge in [-0.1, -0.05) is 67.1 Å². The zero-order valence-electron chi connectivity index (χ0n) is 18.9. The van der Waals surface area contributed by atoms with Crippen molar-refractivity contribution in [2.24, 2.45) is 0 Å². The highest BCUT2D eigenvalue weighted by Crippen LogP contribution is 2.29. The van der Waals surface area contributed by atoms with Crippen LogP contribution in [0.5, 0.6) is 0 Å². The van der Waals surface area contributed by atoms with Crippen LogP contribution >= 0.6 is 11.3 Å². The molecule has 4 rings (SSSR count). The summed E-state index contributed by atoms with van der Waals surface area (Å²) >= 11 is 1.62. The quantitative estimate of drug-likeness (QED) is 0.264. The molecule has 0 aliphatic heterocycles. The lowest BCUT2D eigenvalue weighted by Gasteiger charge is -2.07. The standard InChI is InChI=1S/C28H27N3O2S/c32-26(14-8-3-9-19-29-27(33)22-10-4-1-5-11-22)30-24-17-15-21(16-18-24)25-20-34-28(31-25)23-12-6-2-7-13-23/h1-2,4-7,10-13,15-18,20H,3,8-9,14,19H2,(H,29,33)(H,30,32). The van der Waals surface area contributed by atoms with E-state index in [4.69, 9.17) is 4.98 Å². The van der Waals surface area contributed by atoms with E-state index < -0.39 is 0 Å². The smallest absolute Gasteiger partial charge is 0.251 e. The molecule has 0 atom stereocenters. The van der Waals surface area contributed by atoms with E-state index in [2.05, 4.69) is 28.1 Å². The van der Waals surface area contributed by atoms with Crippen LogP contribution in [0.3, 0.4) is 0 Å². The highest BCUT2D eigenvalue weighted by molar-refractivity contribution is 7.13. The molecule has 0 radical (unpaired) electrons. The van der Waals surface area contributed by atoms with Crippen LogP contribution in [0.25, 0.3) is 21.8 Å². The van der Waals surface area contributed by atoms with Gasteiger partial charge in [0.1, 0.15) is 5.01 Å². The molecule has 4 aromatic rings. The molecule has 5 nitrogen and oxygen atoms in total. The maximum atomic E-state index is 12.3. The third-order valence-electron chi connectivity index (χ3n) is 5.39. The molecule has 0 saturated heterocycles. The number of hydrogen-bond acceptors (Lipinski definition) is 4. The largest absolute Gasteiger partial charge is 0.352 e. The van der Waals surface area contributed by atoms with Crippen molar-refractivity contribution in [2.45, 2.75) is 25.7 Å². The summed E-state index contributed by atoms with van der Waals surface area (Å²) in [5.74, 6) is -0.0585. The van der Waals surface area contributed by atoms with Crippen molar-refractivity contribution in [3.8, 4) is 21.8 Å². The first-order chi connectivity index (χ1) is 16.7. The second kappa shape index (κ2) is 11.9.